The summed E-state index contributed by atoms with van der Waals surface area (Å²) in [6, 6.07) is 0. The summed E-state index contributed by atoms with van der Waals surface area (Å²) in [5.41, 5.74) is -0.777. The van der Waals surface area contributed by atoms with Gasteiger partial charge in [0.15, 0.2) is 0 Å². The van der Waals surface area contributed by atoms with Crippen LogP contribution in [-0.4, -0.2) is 54.6 Å². The van der Waals surface area contributed by atoms with E-state index < -0.39 is 35.9 Å². The fourth-order valence-corrected chi connectivity index (χ4v) is 4.07. The molecule has 1 aliphatic carbocycles. The molecule has 1 heterocycles. The summed E-state index contributed by atoms with van der Waals surface area (Å²) in [6.07, 6.45) is 0.267. The van der Waals surface area contributed by atoms with E-state index >= 15 is 0 Å². The minimum atomic E-state index is -1.58. The number of rotatable bonds is 7. The average Bonchev–Trinajstić information content (AvgIpc) is 2.83. The second-order valence-corrected chi connectivity index (χ2v) is 7.58. The highest BCUT2D eigenvalue weighted by molar-refractivity contribution is 6.18. The zero-order valence-electron chi connectivity index (χ0n) is 15.6. The predicted octanol–water partition coefficient (Wildman–Crippen LogP) is 2.00. The molecule has 7 nitrogen and oxygen atoms in total. The molecule has 8 heteroatoms. The third-order valence-corrected chi connectivity index (χ3v) is 5.24. The van der Waals surface area contributed by atoms with Crippen LogP contribution in [0.5, 0.6) is 0 Å². The van der Waals surface area contributed by atoms with Crippen molar-refractivity contribution in [1.29, 1.82) is 0 Å². The van der Waals surface area contributed by atoms with E-state index in [9.17, 15) is 14.7 Å². The lowest BCUT2D eigenvalue weighted by Crippen LogP contribution is -2.53. The van der Waals surface area contributed by atoms with Crippen LogP contribution < -0.4 is 0 Å². The molecule has 0 bridgehead atoms. The standard InChI is InChI=1S/C18H27ClO7/c1-10(2)5-15(21)26-17-16-13(12(7-23-4)8-24-17)6-14(25-11(3)20)18(16,22)9-19/h8,10,13-14,16-17,22H,5-7,9H2,1-4H3/t13?,14?,16?,17?,18-/m1/s1. The van der Waals surface area contributed by atoms with Crippen LogP contribution in [-0.2, 0) is 28.5 Å². The smallest absolute Gasteiger partial charge is 0.309 e. The van der Waals surface area contributed by atoms with Crippen molar-refractivity contribution in [2.24, 2.45) is 17.8 Å². The van der Waals surface area contributed by atoms with E-state index in [0.717, 1.165) is 5.57 Å². The average molecular weight is 391 g/mol. The molecule has 5 atom stereocenters. The molecular weight excluding hydrogens is 364 g/mol. The Morgan fingerprint density at radius 3 is 2.65 bits per heavy atom. The fraction of sp³-hybridized carbons (Fsp3) is 0.778. The van der Waals surface area contributed by atoms with Crippen LogP contribution in [0.2, 0.25) is 0 Å². The third-order valence-electron chi connectivity index (χ3n) is 4.82. The van der Waals surface area contributed by atoms with Gasteiger partial charge in [0.05, 0.1) is 24.7 Å². The van der Waals surface area contributed by atoms with Crippen LogP contribution >= 0.6 is 11.6 Å². The first kappa shape index (κ1) is 21.0. The Kier molecular flexibility index (Phi) is 6.93. The first-order valence-electron chi connectivity index (χ1n) is 8.71. The van der Waals surface area contributed by atoms with E-state index in [2.05, 4.69) is 0 Å². The molecule has 0 aromatic rings. The number of hydrogen-bond donors (Lipinski definition) is 1. The molecule has 1 saturated carbocycles. The van der Waals surface area contributed by atoms with Gasteiger partial charge >= 0.3 is 11.9 Å². The van der Waals surface area contributed by atoms with Crippen LogP contribution in [0.1, 0.15) is 33.6 Å². The van der Waals surface area contributed by atoms with Crippen LogP contribution in [0, 0.1) is 17.8 Å². The number of halogens is 1. The van der Waals surface area contributed by atoms with Gasteiger partial charge in [-0.1, -0.05) is 13.8 Å². The Labute approximate surface area is 158 Å². The maximum atomic E-state index is 12.1. The zero-order valence-corrected chi connectivity index (χ0v) is 16.3. The predicted molar refractivity (Wildman–Crippen MR) is 93.2 cm³/mol. The monoisotopic (exact) mass is 390 g/mol. The van der Waals surface area contributed by atoms with E-state index in [0.29, 0.717) is 13.0 Å². The second-order valence-electron chi connectivity index (χ2n) is 7.31. The van der Waals surface area contributed by atoms with Gasteiger partial charge in [-0.05, 0) is 17.9 Å². The second kappa shape index (κ2) is 8.59. The SMILES string of the molecule is COCC1=COC(OC(=O)CC(C)C)C2C1CC(OC(C)=O)[C@]2(O)CCl. The van der Waals surface area contributed by atoms with Crippen LogP contribution in [0.25, 0.3) is 0 Å². The van der Waals surface area contributed by atoms with Gasteiger partial charge in [-0.3, -0.25) is 9.59 Å². The highest BCUT2D eigenvalue weighted by Crippen LogP contribution is 2.50. The Morgan fingerprint density at radius 2 is 2.12 bits per heavy atom. The molecule has 26 heavy (non-hydrogen) atoms. The molecule has 0 spiro atoms. The van der Waals surface area contributed by atoms with Crippen molar-refractivity contribution < 1.29 is 33.6 Å². The summed E-state index contributed by atoms with van der Waals surface area (Å²) in [6.45, 7) is 5.38. The maximum Gasteiger partial charge on any atom is 0.309 e. The minimum Gasteiger partial charge on any atom is -0.462 e. The van der Waals surface area contributed by atoms with Gasteiger partial charge in [0.25, 0.3) is 0 Å². The molecule has 0 saturated heterocycles. The topological polar surface area (TPSA) is 91.3 Å². The number of alkyl halides is 1. The fourth-order valence-electron chi connectivity index (χ4n) is 3.72. The number of aliphatic hydroxyl groups is 1. The van der Waals surface area contributed by atoms with Gasteiger partial charge in [-0.2, -0.15) is 0 Å². The van der Waals surface area contributed by atoms with Crippen molar-refractivity contribution in [3.05, 3.63) is 11.8 Å². The van der Waals surface area contributed by atoms with E-state index in [1.807, 2.05) is 13.8 Å². The summed E-state index contributed by atoms with van der Waals surface area (Å²) in [7, 11) is 1.55. The van der Waals surface area contributed by atoms with Crippen LogP contribution in [0.15, 0.2) is 11.8 Å². The molecule has 4 unspecified atom stereocenters. The van der Waals surface area contributed by atoms with E-state index in [4.69, 9.17) is 30.5 Å². The quantitative estimate of drug-likeness (QED) is 0.525. The molecule has 2 rings (SSSR count). The number of carbonyl (C=O) groups is 2. The minimum absolute atomic E-state index is 0.130. The Bertz CT molecular complexity index is 562. The summed E-state index contributed by atoms with van der Waals surface area (Å²) in [5.74, 6) is -1.88. The van der Waals surface area contributed by atoms with Crippen molar-refractivity contribution in [3.63, 3.8) is 0 Å². The molecule has 0 aromatic carbocycles. The van der Waals surface area contributed by atoms with Crippen LogP contribution in [0.4, 0.5) is 0 Å². The number of esters is 2. The van der Waals surface area contributed by atoms with Crippen molar-refractivity contribution in [3.8, 4) is 0 Å². The molecule has 1 aliphatic heterocycles. The van der Waals surface area contributed by atoms with Crippen molar-refractivity contribution >= 4 is 23.5 Å². The summed E-state index contributed by atoms with van der Waals surface area (Å²) >= 11 is 6.07. The van der Waals surface area contributed by atoms with Gasteiger partial charge < -0.3 is 24.1 Å². The highest BCUT2D eigenvalue weighted by atomic mass is 35.5. The molecule has 1 N–H and O–H groups in total. The van der Waals surface area contributed by atoms with Gasteiger partial charge in [0.1, 0.15) is 11.7 Å². The molecule has 0 radical (unpaired) electrons. The van der Waals surface area contributed by atoms with E-state index in [1.54, 1.807) is 7.11 Å². The first-order chi connectivity index (χ1) is 12.2. The number of carbonyl (C=O) groups excluding carboxylic acids is 2. The Morgan fingerprint density at radius 1 is 1.42 bits per heavy atom. The zero-order chi connectivity index (χ0) is 19.5. The number of hydrogen-bond acceptors (Lipinski definition) is 7. The number of fused-ring (bicyclic) bond motifs is 1. The largest absolute Gasteiger partial charge is 0.462 e. The summed E-state index contributed by atoms with van der Waals surface area (Å²) in [5, 5.41) is 11.2. The van der Waals surface area contributed by atoms with Gasteiger partial charge in [0.2, 0.25) is 6.29 Å². The van der Waals surface area contributed by atoms with Crippen molar-refractivity contribution in [2.45, 2.75) is 51.6 Å². The molecule has 0 amide bonds. The summed E-state index contributed by atoms with van der Waals surface area (Å²) in [4.78, 5) is 23.6. The summed E-state index contributed by atoms with van der Waals surface area (Å²) < 4.78 is 21.6. The van der Waals surface area contributed by atoms with Gasteiger partial charge in [0, 0.05) is 26.4 Å². The lowest BCUT2D eigenvalue weighted by molar-refractivity contribution is -0.211. The molecule has 2 aliphatic rings. The normalized spacial score (nSPS) is 33.3. The maximum absolute atomic E-state index is 12.1. The Balaban J connectivity index is 2.31. The molecular formula is C18H27ClO7. The Hall–Kier alpha value is -1.31. The van der Waals surface area contributed by atoms with E-state index in [-0.39, 0.29) is 24.1 Å². The first-order valence-corrected chi connectivity index (χ1v) is 9.24. The molecule has 148 valence electrons. The molecule has 0 aromatic heterocycles. The third kappa shape index (κ3) is 4.32. The lowest BCUT2D eigenvalue weighted by atomic mass is 9.81. The number of methoxy groups -OCH3 is 1. The number of ether oxygens (including phenoxy) is 4. The van der Waals surface area contributed by atoms with Crippen LogP contribution in [0.3, 0.4) is 0 Å². The molecule has 1 fully saturated rings. The van der Waals surface area contributed by atoms with Crippen molar-refractivity contribution in [1.82, 2.24) is 0 Å². The van der Waals surface area contributed by atoms with E-state index in [1.165, 1.54) is 13.2 Å². The van der Waals surface area contributed by atoms with Gasteiger partial charge in [-0.25, -0.2) is 0 Å². The highest BCUT2D eigenvalue weighted by Gasteiger charge is 2.62. The van der Waals surface area contributed by atoms with Crippen molar-refractivity contribution in [2.75, 3.05) is 19.6 Å². The van der Waals surface area contributed by atoms with Gasteiger partial charge in [-0.15, -0.1) is 11.6 Å². The lowest BCUT2D eigenvalue weighted by Gasteiger charge is -2.40.